The van der Waals surface area contributed by atoms with E-state index in [0.717, 1.165) is 4.90 Å². The van der Waals surface area contributed by atoms with Crippen LogP contribution in [0.5, 0.6) is 0 Å². The van der Waals surface area contributed by atoms with Crippen LogP contribution in [0.2, 0.25) is 0 Å². The maximum absolute atomic E-state index is 11.5. The average molecular weight is 211 g/mol. The fourth-order valence-corrected chi connectivity index (χ4v) is 1.71. The van der Waals surface area contributed by atoms with Crippen LogP contribution in [0.15, 0.2) is 23.1 Å². The largest absolute Gasteiger partial charge is 0.462 e. The molecule has 0 aliphatic carbocycles. The fraction of sp³-hybridized carbons (Fsp3) is 0.300. The summed E-state index contributed by atoms with van der Waals surface area (Å²) in [6.07, 6.45) is 1.90. The molecular formula is C10H13NO2S. The molecule has 0 fully saturated rings. The molecule has 0 saturated heterocycles. The number of rotatable bonds is 3. The Morgan fingerprint density at radius 3 is 2.86 bits per heavy atom. The lowest BCUT2D eigenvalue weighted by Gasteiger charge is -2.07. The van der Waals surface area contributed by atoms with E-state index in [1.807, 2.05) is 6.26 Å². The lowest BCUT2D eigenvalue weighted by atomic mass is 10.2. The topological polar surface area (TPSA) is 52.3 Å². The summed E-state index contributed by atoms with van der Waals surface area (Å²) in [5.74, 6) is -0.295. The highest BCUT2D eigenvalue weighted by atomic mass is 32.2. The number of carbonyl (C=O) groups is 1. The number of thioether (sulfide) groups is 1. The van der Waals surface area contributed by atoms with Crippen LogP contribution in [0.1, 0.15) is 17.3 Å². The first-order valence-electron chi connectivity index (χ1n) is 4.29. The highest BCUT2D eigenvalue weighted by Gasteiger charge is 2.11. The Kier molecular flexibility index (Phi) is 3.83. The second kappa shape index (κ2) is 4.91. The highest BCUT2D eigenvalue weighted by Crippen LogP contribution is 2.23. The highest BCUT2D eigenvalue weighted by molar-refractivity contribution is 7.98. The van der Waals surface area contributed by atoms with Gasteiger partial charge in [0.1, 0.15) is 0 Å². The van der Waals surface area contributed by atoms with Gasteiger partial charge in [0, 0.05) is 10.6 Å². The molecule has 0 unspecified atom stereocenters. The molecule has 0 aliphatic rings. The molecule has 1 aromatic rings. The van der Waals surface area contributed by atoms with Crippen molar-refractivity contribution in [2.45, 2.75) is 11.8 Å². The minimum Gasteiger partial charge on any atom is -0.462 e. The second-order valence-corrected chi connectivity index (χ2v) is 3.53. The molecule has 0 saturated carbocycles. The Balaban J connectivity index is 3.01. The van der Waals surface area contributed by atoms with Crippen LogP contribution < -0.4 is 5.73 Å². The van der Waals surface area contributed by atoms with E-state index in [0.29, 0.717) is 17.9 Å². The van der Waals surface area contributed by atoms with Crippen LogP contribution in [0.3, 0.4) is 0 Å². The molecule has 0 aromatic heterocycles. The summed E-state index contributed by atoms with van der Waals surface area (Å²) in [5, 5.41) is 0. The molecule has 0 radical (unpaired) electrons. The van der Waals surface area contributed by atoms with Crippen molar-refractivity contribution < 1.29 is 9.53 Å². The number of anilines is 1. The quantitative estimate of drug-likeness (QED) is 0.473. The zero-order valence-electron chi connectivity index (χ0n) is 8.24. The van der Waals surface area contributed by atoms with Crippen molar-refractivity contribution in [2.24, 2.45) is 0 Å². The standard InChI is InChI=1S/C10H13NO2S/c1-3-13-10(12)8-5-4-7(11)6-9(8)14-2/h4-6H,3,11H2,1-2H3. The van der Waals surface area contributed by atoms with Gasteiger partial charge in [0.05, 0.1) is 12.2 Å². The van der Waals surface area contributed by atoms with Crippen LogP contribution >= 0.6 is 11.8 Å². The van der Waals surface area contributed by atoms with Gasteiger partial charge >= 0.3 is 5.97 Å². The lowest BCUT2D eigenvalue weighted by molar-refractivity contribution is 0.0522. The molecule has 0 atom stereocenters. The molecule has 3 nitrogen and oxygen atoms in total. The Labute approximate surface area is 87.6 Å². The smallest absolute Gasteiger partial charge is 0.339 e. The van der Waals surface area contributed by atoms with Gasteiger partial charge < -0.3 is 10.5 Å². The molecule has 0 spiro atoms. The van der Waals surface area contributed by atoms with E-state index in [-0.39, 0.29) is 5.97 Å². The monoisotopic (exact) mass is 211 g/mol. The molecule has 0 aliphatic heterocycles. The van der Waals surface area contributed by atoms with Crippen LogP contribution in [-0.2, 0) is 4.74 Å². The first-order valence-corrected chi connectivity index (χ1v) is 5.52. The van der Waals surface area contributed by atoms with E-state index in [4.69, 9.17) is 10.5 Å². The summed E-state index contributed by atoms with van der Waals surface area (Å²) in [6.45, 7) is 2.17. The molecule has 14 heavy (non-hydrogen) atoms. The van der Waals surface area contributed by atoms with E-state index >= 15 is 0 Å². The molecule has 2 N–H and O–H groups in total. The Hall–Kier alpha value is -1.16. The van der Waals surface area contributed by atoms with Gasteiger partial charge in [-0.05, 0) is 31.4 Å². The Bertz CT molecular complexity index is 339. The van der Waals surface area contributed by atoms with Crippen molar-refractivity contribution in [2.75, 3.05) is 18.6 Å². The van der Waals surface area contributed by atoms with Crippen LogP contribution in [-0.4, -0.2) is 18.8 Å². The molecule has 4 heteroatoms. The maximum Gasteiger partial charge on any atom is 0.339 e. The number of ether oxygens (including phenoxy) is 1. The average Bonchev–Trinajstić information content (AvgIpc) is 2.17. The zero-order valence-corrected chi connectivity index (χ0v) is 9.06. The van der Waals surface area contributed by atoms with Crippen LogP contribution in [0, 0.1) is 0 Å². The van der Waals surface area contributed by atoms with Crippen molar-refractivity contribution in [1.29, 1.82) is 0 Å². The number of carbonyl (C=O) groups excluding carboxylic acids is 1. The summed E-state index contributed by atoms with van der Waals surface area (Å²) >= 11 is 1.48. The minimum absolute atomic E-state index is 0.295. The van der Waals surface area contributed by atoms with Gasteiger partial charge in [-0.25, -0.2) is 4.79 Å². The third-order valence-corrected chi connectivity index (χ3v) is 2.50. The number of benzene rings is 1. The van der Waals surface area contributed by atoms with Gasteiger partial charge in [-0.15, -0.1) is 11.8 Å². The summed E-state index contributed by atoms with van der Waals surface area (Å²) in [6, 6.07) is 5.17. The third-order valence-electron chi connectivity index (χ3n) is 1.72. The number of nitrogen functional groups attached to an aromatic ring is 1. The van der Waals surface area contributed by atoms with Crippen molar-refractivity contribution in [1.82, 2.24) is 0 Å². The van der Waals surface area contributed by atoms with E-state index in [9.17, 15) is 4.79 Å². The molecule has 1 rings (SSSR count). The van der Waals surface area contributed by atoms with Crippen molar-refractivity contribution in [3.8, 4) is 0 Å². The molecule has 1 aromatic carbocycles. The molecule has 76 valence electrons. The number of hydrogen-bond acceptors (Lipinski definition) is 4. The maximum atomic E-state index is 11.5. The predicted molar refractivity (Wildman–Crippen MR) is 58.6 cm³/mol. The van der Waals surface area contributed by atoms with Gasteiger partial charge in [-0.1, -0.05) is 0 Å². The second-order valence-electron chi connectivity index (χ2n) is 2.68. The van der Waals surface area contributed by atoms with E-state index < -0.39 is 0 Å². The number of hydrogen-bond donors (Lipinski definition) is 1. The SMILES string of the molecule is CCOC(=O)c1ccc(N)cc1SC. The van der Waals surface area contributed by atoms with E-state index in [2.05, 4.69) is 0 Å². The zero-order chi connectivity index (χ0) is 10.6. The number of esters is 1. The van der Waals surface area contributed by atoms with E-state index in [1.165, 1.54) is 11.8 Å². The first-order chi connectivity index (χ1) is 6.69. The van der Waals surface area contributed by atoms with Crippen LogP contribution in [0.4, 0.5) is 5.69 Å². The first kappa shape index (κ1) is 10.9. The number of nitrogens with two attached hydrogens (primary N) is 1. The van der Waals surface area contributed by atoms with Gasteiger partial charge in [-0.2, -0.15) is 0 Å². The molecule has 0 amide bonds. The predicted octanol–water partition coefficient (Wildman–Crippen LogP) is 2.17. The lowest BCUT2D eigenvalue weighted by Crippen LogP contribution is -2.06. The Morgan fingerprint density at radius 1 is 1.57 bits per heavy atom. The normalized spacial score (nSPS) is 9.86. The molecule has 0 heterocycles. The van der Waals surface area contributed by atoms with E-state index in [1.54, 1.807) is 25.1 Å². The van der Waals surface area contributed by atoms with Crippen molar-refractivity contribution >= 4 is 23.4 Å². The van der Waals surface area contributed by atoms with Crippen molar-refractivity contribution in [3.05, 3.63) is 23.8 Å². The fourth-order valence-electron chi connectivity index (χ4n) is 1.09. The third kappa shape index (κ3) is 2.42. The summed E-state index contributed by atoms with van der Waals surface area (Å²) < 4.78 is 4.92. The molecular weight excluding hydrogens is 198 g/mol. The van der Waals surface area contributed by atoms with Crippen molar-refractivity contribution in [3.63, 3.8) is 0 Å². The molecule has 0 bridgehead atoms. The van der Waals surface area contributed by atoms with Gasteiger partial charge in [0.2, 0.25) is 0 Å². The summed E-state index contributed by atoms with van der Waals surface area (Å²) in [5.41, 5.74) is 6.84. The Morgan fingerprint density at radius 2 is 2.29 bits per heavy atom. The summed E-state index contributed by atoms with van der Waals surface area (Å²) in [4.78, 5) is 12.3. The van der Waals surface area contributed by atoms with Crippen LogP contribution in [0.25, 0.3) is 0 Å². The van der Waals surface area contributed by atoms with Gasteiger partial charge in [0.15, 0.2) is 0 Å². The minimum atomic E-state index is -0.295. The van der Waals surface area contributed by atoms with Gasteiger partial charge in [0.25, 0.3) is 0 Å². The summed E-state index contributed by atoms with van der Waals surface area (Å²) in [7, 11) is 0. The van der Waals surface area contributed by atoms with Gasteiger partial charge in [-0.3, -0.25) is 0 Å².